The van der Waals surface area contributed by atoms with Gasteiger partial charge in [-0.05, 0) is 13.3 Å². The standard InChI is InChI=1S/C5H10O.Ca.2H/c1-3-4-5(2)6;;;/h3-4H2,1-2H3;;;/q;+2;2*-1. The summed E-state index contributed by atoms with van der Waals surface area (Å²) < 4.78 is 0. The van der Waals surface area contributed by atoms with Gasteiger partial charge in [0, 0.05) is 6.42 Å². The summed E-state index contributed by atoms with van der Waals surface area (Å²) in [6, 6.07) is 0. The van der Waals surface area contributed by atoms with Gasteiger partial charge in [-0.2, -0.15) is 0 Å². The van der Waals surface area contributed by atoms with Crippen molar-refractivity contribution in [3.8, 4) is 0 Å². The van der Waals surface area contributed by atoms with Gasteiger partial charge in [-0.15, -0.1) is 0 Å². The second-order valence-corrected chi connectivity index (χ2v) is 1.45. The predicted molar refractivity (Wildman–Crippen MR) is 33.6 cm³/mol. The molecule has 0 aromatic heterocycles. The van der Waals surface area contributed by atoms with Crippen molar-refractivity contribution in [1.82, 2.24) is 0 Å². The Bertz CT molecular complexity index is 58.9. The Morgan fingerprint density at radius 2 is 2.14 bits per heavy atom. The summed E-state index contributed by atoms with van der Waals surface area (Å²) >= 11 is 0. The molecule has 0 aliphatic heterocycles. The van der Waals surface area contributed by atoms with E-state index in [9.17, 15) is 4.79 Å². The molecule has 7 heavy (non-hydrogen) atoms. The normalized spacial score (nSPS) is 7.14. The molecule has 0 saturated heterocycles. The zero-order chi connectivity index (χ0) is 4.99. The van der Waals surface area contributed by atoms with Gasteiger partial charge in [0.15, 0.2) is 0 Å². The number of rotatable bonds is 2. The van der Waals surface area contributed by atoms with Gasteiger partial charge < -0.3 is 7.65 Å². The number of carbonyl (C=O) groups excluding carboxylic acids is 1. The molecule has 0 atom stereocenters. The molecule has 0 spiro atoms. The molecule has 0 aliphatic carbocycles. The van der Waals surface area contributed by atoms with E-state index >= 15 is 0 Å². The maximum absolute atomic E-state index is 10.0. The van der Waals surface area contributed by atoms with Crippen LogP contribution in [0.3, 0.4) is 0 Å². The molecule has 0 N–H and O–H groups in total. The van der Waals surface area contributed by atoms with Crippen LogP contribution in [0.2, 0.25) is 0 Å². The number of ketones is 1. The molecule has 0 aliphatic rings. The summed E-state index contributed by atoms with van der Waals surface area (Å²) in [6.45, 7) is 3.62. The molecule has 0 rings (SSSR count). The van der Waals surface area contributed by atoms with Crippen LogP contribution in [0.1, 0.15) is 29.5 Å². The van der Waals surface area contributed by atoms with E-state index < -0.39 is 0 Å². The minimum Gasteiger partial charge on any atom is -1.00 e. The van der Waals surface area contributed by atoms with Crippen molar-refractivity contribution in [3.63, 3.8) is 0 Å². The first-order valence-corrected chi connectivity index (χ1v) is 2.26. The fourth-order valence-electron chi connectivity index (χ4n) is 0.352. The van der Waals surface area contributed by atoms with Crippen molar-refractivity contribution < 1.29 is 7.65 Å². The molecule has 1 nitrogen and oxygen atoms in total. The topological polar surface area (TPSA) is 17.1 Å². The quantitative estimate of drug-likeness (QED) is 0.511. The van der Waals surface area contributed by atoms with E-state index in [1.807, 2.05) is 6.92 Å². The zero-order valence-corrected chi connectivity index (χ0v) is 7.24. The Hall–Kier alpha value is 0.930. The van der Waals surface area contributed by atoms with Crippen LogP contribution >= 0.6 is 0 Å². The monoisotopic (exact) mass is 128 g/mol. The van der Waals surface area contributed by atoms with E-state index in [0.29, 0.717) is 0 Å². The van der Waals surface area contributed by atoms with Crippen LogP contribution in [0.5, 0.6) is 0 Å². The van der Waals surface area contributed by atoms with E-state index in [1.165, 1.54) is 0 Å². The largest absolute Gasteiger partial charge is 2.00 e. The summed E-state index contributed by atoms with van der Waals surface area (Å²) in [5, 5.41) is 0. The van der Waals surface area contributed by atoms with Crippen molar-refractivity contribution in [2.45, 2.75) is 26.7 Å². The van der Waals surface area contributed by atoms with Crippen LogP contribution in [0.25, 0.3) is 0 Å². The minimum atomic E-state index is 0. The van der Waals surface area contributed by atoms with E-state index in [4.69, 9.17) is 0 Å². The van der Waals surface area contributed by atoms with E-state index in [1.54, 1.807) is 6.92 Å². The molecule has 0 bridgehead atoms. The predicted octanol–water partition coefficient (Wildman–Crippen LogP) is 1.22. The average molecular weight is 128 g/mol. The third kappa shape index (κ3) is 10.9. The van der Waals surface area contributed by atoms with Gasteiger partial charge in [0.2, 0.25) is 0 Å². The number of Topliss-reactive ketones (excluding diaryl/α,β-unsaturated/α-hetero) is 1. The SMILES string of the molecule is CCCC(C)=O.[Ca+2].[H-].[H-]. The summed E-state index contributed by atoms with van der Waals surface area (Å²) in [6.07, 6.45) is 1.72. The second-order valence-electron chi connectivity index (χ2n) is 1.45. The molecule has 0 unspecified atom stereocenters. The minimum absolute atomic E-state index is 0. The molecular formula is C5H12CaO. The summed E-state index contributed by atoms with van der Waals surface area (Å²) in [5.74, 6) is 0.289. The van der Waals surface area contributed by atoms with Crippen LogP contribution in [0.4, 0.5) is 0 Å². The van der Waals surface area contributed by atoms with E-state index in [0.717, 1.165) is 12.8 Å². The number of hydrogen-bond donors (Lipinski definition) is 0. The molecule has 40 valence electrons. The molecule has 0 heterocycles. The smallest absolute Gasteiger partial charge is 1.00 e. The Kier molecular flexibility index (Phi) is 10.7. The summed E-state index contributed by atoms with van der Waals surface area (Å²) in [5.41, 5.74) is 0. The zero-order valence-electron chi connectivity index (χ0n) is 7.03. The van der Waals surface area contributed by atoms with Crippen molar-refractivity contribution in [3.05, 3.63) is 0 Å². The van der Waals surface area contributed by atoms with Gasteiger partial charge in [-0.1, -0.05) is 6.92 Å². The molecule has 0 saturated carbocycles. The molecule has 2 heteroatoms. The Morgan fingerprint density at radius 3 is 2.14 bits per heavy atom. The first-order chi connectivity index (χ1) is 2.77. The van der Waals surface area contributed by atoms with Gasteiger partial charge >= 0.3 is 37.7 Å². The average Bonchev–Trinajstić information content (AvgIpc) is 1.35. The second kappa shape index (κ2) is 6.93. The third-order valence-corrected chi connectivity index (χ3v) is 0.602. The van der Waals surface area contributed by atoms with Gasteiger partial charge in [0.25, 0.3) is 0 Å². The molecule has 0 fully saturated rings. The van der Waals surface area contributed by atoms with E-state index in [-0.39, 0.29) is 46.4 Å². The van der Waals surface area contributed by atoms with Crippen molar-refractivity contribution in [2.24, 2.45) is 0 Å². The van der Waals surface area contributed by atoms with Gasteiger partial charge in [-0.25, -0.2) is 0 Å². The first kappa shape index (κ1) is 10.8. The van der Waals surface area contributed by atoms with E-state index in [2.05, 4.69) is 0 Å². The summed E-state index contributed by atoms with van der Waals surface area (Å²) in [4.78, 5) is 10.0. The number of carbonyl (C=O) groups is 1. The van der Waals surface area contributed by atoms with Crippen LogP contribution in [-0.4, -0.2) is 43.5 Å². The van der Waals surface area contributed by atoms with Gasteiger partial charge in [-0.3, -0.25) is 0 Å². The van der Waals surface area contributed by atoms with Crippen LogP contribution in [0.15, 0.2) is 0 Å². The van der Waals surface area contributed by atoms with Gasteiger partial charge in [0.05, 0.1) is 0 Å². The molecule has 0 amide bonds. The fourth-order valence-corrected chi connectivity index (χ4v) is 0.352. The maximum Gasteiger partial charge on any atom is 2.00 e. The van der Waals surface area contributed by atoms with Crippen molar-refractivity contribution >= 4 is 43.5 Å². The Labute approximate surface area is 77.4 Å². The molecular weight excluding hydrogens is 116 g/mol. The molecule has 0 radical (unpaired) electrons. The maximum atomic E-state index is 10.0. The van der Waals surface area contributed by atoms with Gasteiger partial charge in [0.1, 0.15) is 5.78 Å². The van der Waals surface area contributed by atoms with Crippen LogP contribution < -0.4 is 0 Å². The Balaban J connectivity index is -0.0000000417. The summed E-state index contributed by atoms with van der Waals surface area (Å²) in [7, 11) is 0. The third-order valence-electron chi connectivity index (χ3n) is 0.602. The fraction of sp³-hybridized carbons (Fsp3) is 0.800. The van der Waals surface area contributed by atoms with Crippen molar-refractivity contribution in [2.75, 3.05) is 0 Å². The molecule has 0 aromatic carbocycles. The Morgan fingerprint density at radius 1 is 1.71 bits per heavy atom. The first-order valence-electron chi connectivity index (χ1n) is 2.26. The van der Waals surface area contributed by atoms with Crippen LogP contribution in [-0.2, 0) is 4.79 Å². The number of hydrogen-bond acceptors (Lipinski definition) is 1. The van der Waals surface area contributed by atoms with Crippen LogP contribution in [0, 0.1) is 0 Å². The molecule has 0 aromatic rings. The van der Waals surface area contributed by atoms with Crippen molar-refractivity contribution in [1.29, 1.82) is 0 Å².